The predicted molar refractivity (Wildman–Crippen MR) is 124 cm³/mol. The molecule has 5 nitrogen and oxygen atoms in total. The van der Waals surface area contributed by atoms with Crippen LogP contribution in [0.1, 0.15) is 28.8 Å². The second-order valence-electron chi connectivity index (χ2n) is 6.90. The Bertz CT molecular complexity index is 782. The average Bonchev–Trinajstić information content (AvgIpc) is 2.70. The SMILES string of the molecule is COc1cc(N)c(Cl)cc1C(=O)NC1CCN(CCc2ccccc2)CC1.Cl.Cl. The maximum Gasteiger partial charge on any atom is 0.255 e. The fraction of sp³-hybridized carbons (Fsp3) is 0.381. The van der Waals surface area contributed by atoms with E-state index in [1.807, 2.05) is 6.07 Å². The molecule has 1 heterocycles. The number of rotatable bonds is 6. The number of ether oxygens (including phenoxy) is 1. The maximum atomic E-state index is 12.6. The van der Waals surface area contributed by atoms with Crippen LogP contribution in [-0.4, -0.2) is 43.6 Å². The van der Waals surface area contributed by atoms with Crippen LogP contribution in [0.3, 0.4) is 0 Å². The molecule has 0 unspecified atom stereocenters. The Balaban J connectivity index is 0.00000210. The highest BCUT2D eigenvalue weighted by molar-refractivity contribution is 6.33. The van der Waals surface area contributed by atoms with Gasteiger partial charge in [-0.3, -0.25) is 4.79 Å². The van der Waals surface area contributed by atoms with Crippen LogP contribution in [0.5, 0.6) is 5.75 Å². The number of anilines is 1. The van der Waals surface area contributed by atoms with E-state index in [1.54, 1.807) is 12.1 Å². The van der Waals surface area contributed by atoms with Crippen LogP contribution in [0, 0.1) is 0 Å². The molecule has 0 bridgehead atoms. The van der Waals surface area contributed by atoms with Gasteiger partial charge in [-0.15, -0.1) is 24.8 Å². The van der Waals surface area contributed by atoms with Crippen LogP contribution in [-0.2, 0) is 6.42 Å². The molecule has 0 radical (unpaired) electrons. The van der Waals surface area contributed by atoms with Crippen molar-refractivity contribution in [2.45, 2.75) is 25.3 Å². The molecular formula is C21H28Cl3N3O2. The number of carbonyl (C=O) groups is 1. The molecule has 2 aromatic rings. The van der Waals surface area contributed by atoms with Crippen molar-refractivity contribution < 1.29 is 9.53 Å². The predicted octanol–water partition coefficient (Wildman–Crippen LogP) is 4.21. The van der Waals surface area contributed by atoms with Crippen molar-refractivity contribution in [1.82, 2.24) is 10.2 Å². The van der Waals surface area contributed by atoms with Gasteiger partial charge in [-0.05, 0) is 30.9 Å². The average molecular weight is 461 g/mol. The zero-order valence-electron chi connectivity index (χ0n) is 16.4. The van der Waals surface area contributed by atoms with Crippen LogP contribution in [0.2, 0.25) is 5.02 Å². The minimum absolute atomic E-state index is 0. The normalized spacial score (nSPS) is 14.4. The van der Waals surface area contributed by atoms with Gasteiger partial charge in [-0.1, -0.05) is 41.9 Å². The summed E-state index contributed by atoms with van der Waals surface area (Å²) in [5, 5.41) is 3.46. The van der Waals surface area contributed by atoms with E-state index in [0.717, 1.165) is 38.9 Å². The number of methoxy groups -OCH3 is 1. The van der Waals surface area contributed by atoms with Crippen molar-refractivity contribution in [2.24, 2.45) is 0 Å². The summed E-state index contributed by atoms with van der Waals surface area (Å²) in [6, 6.07) is 13.8. The minimum Gasteiger partial charge on any atom is -0.496 e. The van der Waals surface area contributed by atoms with Gasteiger partial charge in [-0.25, -0.2) is 0 Å². The van der Waals surface area contributed by atoms with E-state index in [-0.39, 0.29) is 36.8 Å². The van der Waals surface area contributed by atoms with Gasteiger partial charge in [-0.2, -0.15) is 0 Å². The molecule has 1 saturated heterocycles. The number of nitrogen functional groups attached to an aromatic ring is 1. The number of nitrogens with one attached hydrogen (secondary N) is 1. The molecule has 0 aromatic heterocycles. The van der Waals surface area contributed by atoms with E-state index >= 15 is 0 Å². The van der Waals surface area contributed by atoms with Crippen LogP contribution < -0.4 is 15.8 Å². The second-order valence-corrected chi connectivity index (χ2v) is 7.31. The molecule has 1 amide bonds. The van der Waals surface area contributed by atoms with Crippen molar-refractivity contribution in [3.8, 4) is 5.75 Å². The summed E-state index contributed by atoms with van der Waals surface area (Å²) in [6.45, 7) is 3.01. The lowest BCUT2D eigenvalue weighted by Crippen LogP contribution is -2.45. The molecule has 0 atom stereocenters. The third kappa shape index (κ3) is 6.96. The van der Waals surface area contributed by atoms with E-state index in [1.165, 1.54) is 12.7 Å². The standard InChI is InChI=1S/C21H26ClN3O2.2ClH/c1-27-20-14-19(23)18(22)13-17(20)21(26)24-16-8-11-25(12-9-16)10-7-15-5-3-2-4-6-15;;/h2-6,13-14,16H,7-12,23H2,1H3,(H,24,26);2*1H. The monoisotopic (exact) mass is 459 g/mol. The topological polar surface area (TPSA) is 67.6 Å². The highest BCUT2D eigenvalue weighted by Crippen LogP contribution is 2.29. The molecule has 1 aliphatic heterocycles. The van der Waals surface area contributed by atoms with E-state index < -0.39 is 0 Å². The van der Waals surface area contributed by atoms with Crippen LogP contribution in [0.15, 0.2) is 42.5 Å². The van der Waals surface area contributed by atoms with Crippen molar-refractivity contribution in [1.29, 1.82) is 0 Å². The first kappa shape index (κ1) is 25.4. The summed E-state index contributed by atoms with van der Waals surface area (Å²) in [7, 11) is 1.52. The van der Waals surface area contributed by atoms with Crippen molar-refractivity contribution in [2.75, 3.05) is 32.5 Å². The number of piperidine rings is 1. The number of hydrogen-bond acceptors (Lipinski definition) is 4. The van der Waals surface area contributed by atoms with Crippen molar-refractivity contribution in [3.63, 3.8) is 0 Å². The number of likely N-dealkylation sites (tertiary alicyclic amines) is 1. The number of amides is 1. The summed E-state index contributed by atoms with van der Waals surface area (Å²) in [5.41, 5.74) is 7.97. The lowest BCUT2D eigenvalue weighted by Gasteiger charge is -2.32. The summed E-state index contributed by atoms with van der Waals surface area (Å²) < 4.78 is 5.27. The molecule has 8 heteroatoms. The van der Waals surface area contributed by atoms with E-state index in [2.05, 4.69) is 34.5 Å². The Hall–Kier alpha value is -1.66. The summed E-state index contributed by atoms with van der Waals surface area (Å²) >= 11 is 6.07. The highest BCUT2D eigenvalue weighted by Gasteiger charge is 2.23. The van der Waals surface area contributed by atoms with Gasteiger partial charge in [0.25, 0.3) is 5.91 Å². The summed E-state index contributed by atoms with van der Waals surface area (Å²) in [5.74, 6) is 0.270. The lowest BCUT2D eigenvalue weighted by molar-refractivity contribution is 0.0908. The van der Waals surface area contributed by atoms with Gasteiger partial charge in [0.15, 0.2) is 0 Å². The van der Waals surface area contributed by atoms with Gasteiger partial charge in [0, 0.05) is 31.7 Å². The number of benzene rings is 2. The van der Waals surface area contributed by atoms with Gasteiger partial charge in [0.1, 0.15) is 5.75 Å². The number of halogens is 3. The molecule has 0 saturated carbocycles. The van der Waals surface area contributed by atoms with Gasteiger partial charge in [0.2, 0.25) is 0 Å². The summed E-state index contributed by atoms with van der Waals surface area (Å²) in [6.07, 6.45) is 2.93. The third-order valence-corrected chi connectivity index (χ3v) is 5.37. The Morgan fingerprint density at radius 2 is 1.86 bits per heavy atom. The van der Waals surface area contributed by atoms with E-state index in [0.29, 0.717) is 22.0 Å². The zero-order chi connectivity index (χ0) is 19.2. The van der Waals surface area contributed by atoms with Gasteiger partial charge >= 0.3 is 0 Å². The Kier molecular flexibility index (Phi) is 10.6. The van der Waals surface area contributed by atoms with E-state index in [4.69, 9.17) is 22.1 Å². The molecule has 160 valence electrons. The van der Waals surface area contributed by atoms with Gasteiger partial charge in [0.05, 0.1) is 23.4 Å². The van der Waals surface area contributed by atoms with Crippen molar-refractivity contribution >= 4 is 48.0 Å². The zero-order valence-corrected chi connectivity index (χ0v) is 18.8. The first-order valence-corrected chi connectivity index (χ1v) is 9.64. The molecule has 0 spiro atoms. The van der Waals surface area contributed by atoms with Crippen LogP contribution >= 0.6 is 36.4 Å². The Morgan fingerprint density at radius 1 is 1.21 bits per heavy atom. The van der Waals surface area contributed by atoms with E-state index in [9.17, 15) is 4.79 Å². The smallest absolute Gasteiger partial charge is 0.255 e. The molecule has 1 fully saturated rings. The maximum absolute atomic E-state index is 12.6. The van der Waals surface area contributed by atoms with Crippen LogP contribution in [0.4, 0.5) is 5.69 Å². The fourth-order valence-electron chi connectivity index (χ4n) is 3.41. The fourth-order valence-corrected chi connectivity index (χ4v) is 3.58. The number of nitrogens with two attached hydrogens (primary N) is 1. The molecule has 3 N–H and O–H groups in total. The first-order chi connectivity index (χ1) is 13.1. The number of nitrogens with zero attached hydrogens (tertiary/aromatic N) is 1. The second kappa shape index (κ2) is 12.1. The van der Waals surface area contributed by atoms with Crippen molar-refractivity contribution in [3.05, 3.63) is 58.6 Å². The lowest BCUT2D eigenvalue weighted by atomic mass is 10.0. The molecule has 2 aromatic carbocycles. The Morgan fingerprint density at radius 3 is 2.48 bits per heavy atom. The van der Waals surface area contributed by atoms with Crippen LogP contribution in [0.25, 0.3) is 0 Å². The molecule has 29 heavy (non-hydrogen) atoms. The molecule has 3 rings (SSSR count). The quantitative estimate of drug-likeness (QED) is 0.634. The third-order valence-electron chi connectivity index (χ3n) is 5.05. The molecular weight excluding hydrogens is 433 g/mol. The van der Waals surface area contributed by atoms with Gasteiger partial charge < -0.3 is 20.7 Å². The largest absolute Gasteiger partial charge is 0.496 e. The number of carbonyl (C=O) groups excluding carboxylic acids is 1. The first-order valence-electron chi connectivity index (χ1n) is 9.27. The summed E-state index contributed by atoms with van der Waals surface area (Å²) in [4.78, 5) is 15.1. The number of hydrogen-bond donors (Lipinski definition) is 2. The highest BCUT2D eigenvalue weighted by atomic mass is 35.5. The molecule has 0 aliphatic carbocycles. The minimum atomic E-state index is -0.170. The Labute approximate surface area is 189 Å². The molecule has 1 aliphatic rings.